The Morgan fingerprint density at radius 3 is 2.24 bits per heavy atom. The first-order valence-corrected chi connectivity index (χ1v) is 9.88. The topological polar surface area (TPSA) is 49.3 Å². The van der Waals surface area contributed by atoms with Crippen molar-refractivity contribution in [3.05, 3.63) is 65.2 Å². The second kappa shape index (κ2) is 12.5. The van der Waals surface area contributed by atoms with Crippen LogP contribution in [0, 0.1) is 13.8 Å². The predicted molar refractivity (Wildman–Crippen MR) is 117 cm³/mol. The molecule has 0 amide bonds. The van der Waals surface area contributed by atoms with Crippen molar-refractivity contribution in [3.63, 3.8) is 0 Å². The summed E-state index contributed by atoms with van der Waals surface area (Å²) in [6, 6.07) is 12.2. The fourth-order valence-corrected chi connectivity index (χ4v) is 2.90. The van der Waals surface area contributed by atoms with Gasteiger partial charge in [0, 0.05) is 0 Å². The first-order valence-electron chi connectivity index (χ1n) is 9.88. The lowest BCUT2D eigenvalue weighted by atomic mass is 10.1. The minimum atomic E-state index is 0.388. The molecule has 29 heavy (non-hydrogen) atoms. The molecule has 2 rings (SSSR count). The van der Waals surface area contributed by atoms with Crippen LogP contribution in [-0.2, 0) is 11.3 Å². The normalized spacial score (nSPS) is 11.2. The number of hydrogen-bond donors (Lipinski definition) is 0. The van der Waals surface area contributed by atoms with Gasteiger partial charge in [-0.05, 0) is 74.6 Å². The highest BCUT2D eigenvalue weighted by molar-refractivity contribution is 5.58. The van der Waals surface area contributed by atoms with Crippen LogP contribution in [0.3, 0.4) is 0 Å². The largest absolute Gasteiger partial charge is 0.493 e. The first kappa shape index (κ1) is 22.3. The predicted octanol–water partition coefficient (Wildman–Crippen LogP) is 5.28. The highest BCUT2D eigenvalue weighted by Gasteiger charge is 2.07. The van der Waals surface area contributed by atoms with Gasteiger partial charge in [0.15, 0.2) is 0 Å². The first-order chi connectivity index (χ1) is 14.1. The Bertz CT molecular complexity index is 774. The van der Waals surface area contributed by atoms with Gasteiger partial charge >= 0.3 is 0 Å². The molecule has 0 aliphatic carbocycles. The standard InChI is InChI=1S/C24H31NO4/c1-5-6-14-27-23-17-19(2)24(20(3)18-23)29-15-7-8-21-9-11-22(12-10-21)28-16-13-25-26-4/h5-6,9-13,17-18H,7-8,14-16H2,1-4H3/b6-5+,25-13+. The third-order valence-corrected chi connectivity index (χ3v) is 4.30. The van der Waals surface area contributed by atoms with E-state index in [2.05, 4.69) is 36.0 Å². The molecular formula is C24H31NO4. The number of oxime groups is 1. The third-order valence-electron chi connectivity index (χ3n) is 4.30. The van der Waals surface area contributed by atoms with Crippen molar-refractivity contribution in [2.24, 2.45) is 5.16 Å². The maximum absolute atomic E-state index is 6.05. The summed E-state index contributed by atoms with van der Waals surface area (Å²) in [5.74, 6) is 2.64. The van der Waals surface area contributed by atoms with E-state index in [1.165, 1.54) is 12.7 Å². The molecule has 0 aliphatic heterocycles. The van der Waals surface area contributed by atoms with Gasteiger partial charge < -0.3 is 19.0 Å². The summed E-state index contributed by atoms with van der Waals surface area (Å²) in [6.07, 6.45) is 7.45. The van der Waals surface area contributed by atoms with Crippen molar-refractivity contribution in [2.75, 3.05) is 26.9 Å². The average Bonchev–Trinajstić information content (AvgIpc) is 2.71. The van der Waals surface area contributed by atoms with Gasteiger partial charge in [-0.3, -0.25) is 0 Å². The van der Waals surface area contributed by atoms with Gasteiger partial charge in [0.1, 0.15) is 37.6 Å². The monoisotopic (exact) mass is 397 g/mol. The van der Waals surface area contributed by atoms with Gasteiger partial charge in [-0.15, -0.1) is 0 Å². The molecule has 0 bridgehead atoms. The Labute approximate surface area is 173 Å². The van der Waals surface area contributed by atoms with Crippen molar-refractivity contribution >= 4 is 6.21 Å². The Balaban J connectivity index is 1.77. The van der Waals surface area contributed by atoms with Crippen LogP contribution in [0.2, 0.25) is 0 Å². The molecule has 0 unspecified atom stereocenters. The summed E-state index contributed by atoms with van der Waals surface area (Å²) < 4.78 is 17.3. The summed E-state index contributed by atoms with van der Waals surface area (Å²) in [5, 5.41) is 3.64. The molecule has 2 aromatic carbocycles. The smallest absolute Gasteiger partial charge is 0.127 e. The molecule has 5 nitrogen and oxygen atoms in total. The Hall–Kier alpha value is -2.95. The van der Waals surface area contributed by atoms with E-state index in [9.17, 15) is 0 Å². The molecule has 0 aliphatic rings. The zero-order valence-corrected chi connectivity index (χ0v) is 17.8. The fraction of sp³-hybridized carbons (Fsp3) is 0.375. The highest BCUT2D eigenvalue weighted by atomic mass is 16.6. The van der Waals surface area contributed by atoms with Gasteiger partial charge in [-0.1, -0.05) is 29.4 Å². The molecule has 0 aromatic heterocycles. The lowest BCUT2D eigenvalue weighted by Gasteiger charge is -2.14. The summed E-state index contributed by atoms with van der Waals surface area (Å²) in [6.45, 7) is 7.74. The van der Waals surface area contributed by atoms with E-state index >= 15 is 0 Å². The quantitative estimate of drug-likeness (QED) is 0.212. The number of rotatable bonds is 12. The van der Waals surface area contributed by atoms with Crippen molar-refractivity contribution in [1.82, 2.24) is 0 Å². The van der Waals surface area contributed by atoms with Gasteiger partial charge in [0.2, 0.25) is 0 Å². The van der Waals surface area contributed by atoms with E-state index in [1.54, 1.807) is 6.21 Å². The molecular weight excluding hydrogens is 366 g/mol. The maximum Gasteiger partial charge on any atom is 0.127 e. The van der Waals surface area contributed by atoms with Gasteiger partial charge in [0.25, 0.3) is 0 Å². The number of nitrogens with zero attached hydrogens (tertiary/aromatic N) is 1. The highest BCUT2D eigenvalue weighted by Crippen LogP contribution is 2.28. The zero-order chi connectivity index (χ0) is 20.9. The minimum absolute atomic E-state index is 0.388. The van der Waals surface area contributed by atoms with Crippen LogP contribution in [-0.4, -0.2) is 33.1 Å². The van der Waals surface area contributed by atoms with E-state index in [-0.39, 0.29) is 0 Å². The van der Waals surface area contributed by atoms with Crippen LogP contribution < -0.4 is 14.2 Å². The molecule has 0 N–H and O–H groups in total. The molecule has 0 saturated heterocycles. The number of hydrogen-bond acceptors (Lipinski definition) is 5. The number of benzene rings is 2. The van der Waals surface area contributed by atoms with Crippen molar-refractivity contribution in [1.29, 1.82) is 0 Å². The lowest BCUT2D eigenvalue weighted by Crippen LogP contribution is -2.03. The van der Waals surface area contributed by atoms with Crippen LogP contribution in [0.5, 0.6) is 17.2 Å². The zero-order valence-electron chi connectivity index (χ0n) is 17.8. The molecule has 0 spiro atoms. The summed E-state index contributed by atoms with van der Waals surface area (Å²) in [4.78, 5) is 4.59. The van der Waals surface area contributed by atoms with Crippen LogP contribution in [0.15, 0.2) is 53.7 Å². The Morgan fingerprint density at radius 2 is 1.59 bits per heavy atom. The maximum atomic E-state index is 6.05. The van der Waals surface area contributed by atoms with Gasteiger partial charge in [-0.25, -0.2) is 0 Å². The molecule has 0 radical (unpaired) electrons. The fourth-order valence-electron chi connectivity index (χ4n) is 2.90. The Kier molecular flexibility index (Phi) is 9.63. The summed E-state index contributed by atoms with van der Waals surface area (Å²) in [7, 11) is 1.51. The second-order valence-corrected chi connectivity index (χ2v) is 6.64. The number of ether oxygens (including phenoxy) is 3. The minimum Gasteiger partial charge on any atom is -0.493 e. The van der Waals surface area contributed by atoms with Gasteiger partial charge in [-0.2, -0.15) is 0 Å². The number of aryl methyl sites for hydroxylation is 3. The van der Waals surface area contributed by atoms with E-state index < -0.39 is 0 Å². The second-order valence-electron chi connectivity index (χ2n) is 6.64. The molecule has 0 saturated carbocycles. The van der Waals surface area contributed by atoms with Crippen LogP contribution >= 0.6 is 0 Å². The molecule has 5 heteroatoms. The van der Waals surface area contributed by atoms with E-state index in [1.807, 2.05) is 43.3 Å². The summed E-state index contributed by atoms with van der Waals surface area (Å²) in [5.41, 5.74) is 3.45. The number of allylic oxidation sites excluding steroid dienone is 1. The van der Waals surface area contributed by atoms with Crippen LogP contribution in [0.1, 0.15) is 30.0 Å². The third kappa shape index (κ3) is 7.90. The Morgan fingerprint density at radius 1 is 0.897 bits per heavy atom. The van der Waals surface area contributed by atoms with Gasteiger partial charge in [0.05, 0.1) is 12.8 Å². The van der Waals surface area contributed by atoms with E-state index in [0.717, 1.165) is 41.2 Å². The average molecular weight is 398 g/mol. The molecule has 0 atom stereocenters. The molecule has 2 aromatic rings. The molecule has 0 fully saturated rings. The molecule has 156 valence electrons. The SMILES string of the molecule is C/C=C/COc1cc(C)c(OCCCc2ccc(OC/C=N/OC)cc2)c(C)c1. The van der Waals surface area contributed by atoms with Crippen molar-refractivity contribution in [3.8, 4) is 17.2 Å². The lowest BCUT2D eigenvalue weighted by molar-refractivity contribution is 0.212. The van der Waals surface area contributed by atoms with Crippen LogP contribution in [0.4, 0.5) is 0 Å². The summed E-state index contributed by atoms with van der Waals surface area (Å²) >= 11 is 0. The van der Waals surface area contributed by atoms with Crippen molar-refractivity contribution < 1.29 is 19.0 Å². The molecule has 0 heterocycles. The van der Waals surface area contributed by atoms with Crippen molar-refractivity contribution in [2.45, 2.75) is 33.6 Å². The van der Waals surface area contributed by atoms with E-state index in [0.29, 0.717) is 19.8 Å². The van der Waals surface area contributed by atoms with Crippen LogP contribution in [0.25, 0.3) is 0 Å². The van der Waals surface area contributed by atoms with E-state index in [4.69, 9.17) is 14.2 Å².